The number of nitrogens with zero attached hydrogens (tertiary/aromatic N) is 3. The predicted octanol–water partition coefficient (Wildman–Crippen LogP) is 3.15. The molecule has 0 bridgehead atoms. The SMILES string of the molecule is Cc1cnc(C(=O)O)c(N2CCC3(CCCC3NC(=O)OC(C)(C)C)CC2)n1. The third kappa shape index (κ3) is 4.36. The average molecular weight is 390 g/mol. The van der Waals surface area contributed by atoms with Crippen LogP contribution in [0.3, 0.4) is 0 Å². The summed E-state index contributed by atoms with van der Waals surface area (Å²) in [5.41, 5.74) is 0.215. The molecule has 1 saturated carbocycles. The van der Waals surface area contributed by atoms with E-state index in [1.807, 2.05) is 32.6 Å². The number of anilines is 1. The number of aromatic nitrogens is 2. The number of nitrogens with one attached hydrogen (secondary N) is 1. The molecule has 8 nitrogen and oxygen atoms in total. The second kappa shape index (κ2) is 7.56. The van der Waals surface area contributed by atoms with Gasteiger partial charge < -0.3 is 20.1 Å². The van der Waals surface area contributed by atoms with E-state index < -0.39 is 11.6 Å². The molecule has 1 aromatic heterocycles. The van der Waals surface area contributed by atoms with Crippen molar-refractivity contribution < 1.29 is 19.4 Å². The Morgan fingerprint density at radius 1 is 1.29 bits per heavy atom. The third-order valence-electron chi connectivity index (χ3n) is 5.73. The van der Waals surface area contributed by atoms with Gasteiger partial charge in [-0.2, -0.15) is 0 Å². The van der Waals surface area contributed by atoms with Gasteiger partial charge in [0.2, 0.25) is 0 Å². The Morgan fingerprint density at radius 3 is 2.57 bits per heavy atom. The Balaban J connectivity index is 1.69. The molecule has 2 aliphatic rings. The minimum absolute atomic E-state index is 0.00333. The zero-order chi connectivity index (χ0) is 20.5. The van der Waals surface area contributed by atoms with Crippen LogP contribution >= 0.6 is 0 Å². The summed E-state index contributed by atoms with van der Waals surface area (Å²) in [4.78, 5) is 34.3. The van der Waals surface area contributed by atoms with Gasteiger partial charge in [-0.1, -0.05) is 6.42 Å². The summed E-state index contributed by atoms with van der Waals surface area (Å²) < 4.78 is 5.44. The van der Waals surface area contributed by atoms with Crippen LogP contribution in [0.4, 0.5) is 10.6 Å². The van der Waals surface area contributed by atoms with Gasteiger partial charge in [0.25, 0.3) is 0 Å². The zero-order valence-corrected chi connectivity index (χ0v) is 17.1. The van der Waals surface area contributed by atoms with Gasteiger partial charge in [0.05, 0.1) is 5.69 Å². The molecular weight excluding hydrogens is 360 g/mol. The molecule has 1 aromatic rings. The highest BCUT2D eigenvalue weighted by molar-refractivity contribution is 5.91. The van der Waals surface area contributed by atoms with E-state index in [0.29, 0.717) is 24.6 Å². The minimum atomic E-state index is -1.06. The average Bonchev–Trinajstić information content (AvgIpc) is 2.95. The molecule has 2 heterocycles. The van der Waals surface area contributed by atoms with Gasteiger partial charge in [0.1, 0.15) is 5.60 Å². The van der Waals surface area contributed by atoms with Crippen LogP contribution in [0.1, 0.15) is 69.1 Å². The molecule has 1 aliphatic carbocycles. The number of rotatable bonds is 3. The van der Waals surface area contributed by atoms with Gasteiger partial charge in [0.15, 0.2) is 11.5 Å². The van der Waals surface area contributed by atoms with Crippen molar-refractivity contribution in [2.24, 2.45) is 5.41 Å². The molecule has 0 aromatic carbocycles. The van der Waals surface area contributed by atoms with Crippen molar-refractivity contribution in [2.45, 2.75) is 71.4 Å². The molecule has 1 amide bonds. The highest BCUT2D eigenvalue weighted by Crippen LogP contribution is 2.47. The molecule has 1 spiro atoms. The molecule has 28 heavy (non-hydrogen) atoms. The lowest BCUT2D eigenvalue weighted by atomic mass is 9.74. The summed E-state index contributed by atoms with van der Waals surface area (Å²) in [5, 5.41) is 12.5. The first-order chi connectivity index (χ1) is 13.1. The van der Waals surface area contributed by atoms with Gasteiger partial charge in [0, 0.05) is 25.3 Å². The number of aryl methyl sites for hydroxylation is 1. The lowest BCUT2D eigenvalue weighted by molar-refractivity contribution is 0.0441. The number of hydrogen-bond acceptors (Lipinski definition) is 6. The summed E-state index contributed by atoms with van der Waals surface area (Å²) in [6, 6.07) is 0.0898. The van der Waals surface area contributed by atoms with Crippen molar-refractivity contribution in [3.8, 4) is 0 Å². The quantitative estimate of drug-likeness (QED) is 0.817. The van der Waals surface area contributed by atoms with Crippen molar-refractivity contribution in [1.29, 1.82) is 0 Å². The highest BCUT2D eigenvalue weighted by atomic mass is 16.6. The molecule has 3 rings (SSSR count). The Hall–Kier alpha value is -2.38. The first kappa shape index (κ1) is 20.4. The Labute approximate surface area is 165 Å². The van der Waals surface area contributed by atoms with Crippen molar-refractivity contribution in [3.63, 3.8) is 0 Å². The van der Waals surface area contributed by atoms with Crippen LogP contribution in [-0.4, -0.2) is 51.9 Å². The van der Waals surface area contributed by atoms with Crippen molar-refractivity contribution in [2.75, 3.05) is 18.0 Å². The Kier molecular flexibility index (Phi) is 5.50. The fraction of sp³-hybridized carbons (Fsp3) is 0.700. The number of alkyl carbamates (subject to hydrolysis) is 1. The van der Waals surface area contributed by atoms with E-state index in [-0.39, 0.29) is 23.2 Å². The molecule has 0 radical (unpaired) electrons. The van der Waals surface area contributed by atoms with Crippen LogP contribution in [0.2, 0.25) is 0 Å². The Bertz CT molecular complexity index is 751. The molecule has 154 valence electrons. The molecule has 8 heteroatoms. The van der Waals surface area contributed by atoms with E-state index in [4.69, 9.17) is 4.74 Å². The maximum Gasteiger partial charge on any atom is 0.407 e. The maximum absolute atomic E-state index is 12.3. The number of carbonyl (C=O) groups excluding carboxylic acids is 1. The van der Waals surface area contributed by atoms with Crippen LogP contribution in [0.5, 0.6) is 0 Å². The molecular formula is C20H30N4O4. The number of amides is 1. The van der Waals surface area contributed by atoms with Crippen LogP contribution in [0.25, 0.3) is 0 Å². The number of aromatic carboxylic acids is 1. The van der Waals surface area contributed by atoms with E-state index in [0.717, 1.165) is 32.1 Å². The number of carboxylic acid groups (broad SMARTS) is 1. The van der Waals surface area contributed by atoms with E-state index >= 15 is 0 Å². The lowest BCUT2D eigenvalue weighted by Crippen LogP contribution is -2.51. The zero-order valence-electron chi connectivity index (χ0n) is 17.1. The maximum atomic E-state index is 12.3. The largest absolute Gasteiger partial charge is 0.476 e. The van der Waals surface area contributed by atoms with Crippen molar-refractivity contribution in [3.05, 3.63) is 17.6 Å². The second-order valence-electron chi connectivity index (χ2n) is 8.93. The summed E-state index contributed by atoms with van der Waals surface area (Å²) in [5.74, 6) is -0.620. The predicted molar refractivity (Wildman–Crippen MR) is 105 cm³/mol. The van der Waals surface area contributed by atoms with Crippen LogP contribution in [-0.2, 0) is 4.74 Å². The molecule has 1 aliphatic heterocycles. The van der Waals surface area contributed by atoms with Gasteiger partial charge in [-0.3, -0.25) is 0 Å². The van der Waals surface area contributed by atoms with Gasteiger partial charge in [-0.25, -0.2) is 19.6 Å². The second-order valence-corrected chi connectivity index (χ2v) is 8.93. The topological polar surface area (TPSA) is 105 Å². The first-order valence-corrected chi connectivity index (χ1v) is 9.91. The number of carbonyl (C=O) groups is 2. The van der Waals surface area contributed by atoms with Gasteiger partial charge in [-0.15, -0.1) is 0 Å². The number of hydrogen-bond donors (Lipinski definition) is 2. The summed E-state index contributed by atoms with van der Waals surface area (Å²) >= 11 is 0. The van der Waals surface area contributed by atoms with Crippen LogP contribution < -0.4 is 10.2 Å². The number of piperidine rings is 1. The summed E-state index contributed by atoms with van der Waals surface area (Å²) in [7, 11) is 0. The number of carboxylic acids is 1. The molecule has 2 N–H and O–H groups in total. The smallest absolute Gasteiger partial charge is 0.407 e. The summed E-state index contributed by atoms with van der Waals surface area (Å²) in [6.45, 7) is 8.79. The summed E-state index contributed by atoms with van der Waals surface area (Å²) in [6.07, 6.45) is 5.96. The van der Waals surface area contributed by atoms with Gasteiger partial charge >= 0.3 is 12.1 Å². The van der Waals surface area contributed by atoms with Crippen molar-refractivity contribution in [1.82, 2.24) is 15.3 Å². The fourth-order valence-electron chi connectivity index (χ4n) is 4.41. The van der Waals surface area contributed by atoms with E-state index in [1.54, 1.807) is 0 Å². The molecule has 2 fully saturated rings. The Morgan fingerprint density at radius 2 is 1.96 bits per heavy atom. The highest BCUT2D eigenvalue weighted by Gasteiger charge is 2.46. The standard InChI is InChI=1S/C20H30N4O4/c1-13-12-21-15(17(25)26)16(22-13)24-10-8-20(9-11-24)7-5-6-14(20)23-18(27)28-19(2,3)4/h12,14H,5-11H2,1-4H3,(H,23,27)(H,25,26). The molecule has 1 unspecified atom stereocenters. The minimum Gasteiger partial charge on any atom is -0.476 e. The normalized spacial score (nSPS) is 21.6. The molecule has 1 saturated heterocycles. The van der Waals surface area contributed by atoms with E-state index in [9.17, 15) is 14.7 Å². The third-order valence-corrected chi connectivity index (χ3v) is 5.73. The lowest BCUT2D eigenvalue weighted by Gasteiger charge is -2.43. The van der Waals surface area contributed by atoms with Crippen LogP contribution in [0.15, 0.2) is 6.20 Å². The van der Waals surface area contributed by atoms with E-state index in [1.165, 1.54) is 6.20 Å². The number of ether oxygens (including phenoxy) is 1. The van der Waals surface area contributed by atoms with Crippen molar-refractivity contribution >= 4 is 17.9 Å². The van der Waals surface area contributed by atoms with Crippen LogP contribution in [0, 0.1) is 12.3 Å². The first-order valence-electron chi connectivity index (χ1n) is 9.91. The monoisotopic (exact) mass is 390 g/mol. The molecule has 1 atom stereocenters. The van der Waals surface area contributed by atoms with E-state index in [2.05, 4.69) is 15.3 Å². The van der Waals surface area contributed by atoms with Gasteiger partial charge in [-0.05, 0) is 58.8 Å². The fourth-order valence-corrected chi connectivity index (χ4v) is 4.41.